The molecule has 1 aromatic carbocycles. The number of anilines is 1. The molecule has 0 radical (unpaired) electrons. The molecule has 7 nitrogen and oxygen atoms in total. The van der Waals surface area contributed by atoms with E-state index >= 15 is 0 Å². The molecular formula is C13H16N4O3. The van der Waals surface area contributed by atoms with Gasteiger partial charge in [-0.05, 0) is 19.1 Å². The monoisotopic (exact) mass is 276 g/mol. The van der Waals surface area contributed by atoms with Crippen LogP contribution in [0.1, 0.15) is 6.92 Å². The highest BCUT2D eigenvalue weighted by molar-refractivity contribution is 5.92. The number of nitrogens with zero attached hydrogens (tertiary/aromatic N) is 2. The zero-order valence-corrected chi connectivity index (χ0v) is 11.3. The summed E-state index contributed by atoms with van der Waals surface area (Å²) in [5.74, 6) is -0.0692. The molecule has 2 rings (SSSR count). The second-order valence-corrected chi connectivity index (χ2v) is 4.10. The third kappa shape index (κ3) is 3.05. The average molecular weight is 276 g/mol. The molecule has 2 aromatic rings. The maximum absolute atomic E-state index is 11.7. The Morgan fingerprint density at radius 3 is 2.80 bits per heavy atom. The Balaban J connectivity index is 1.99. The number of ether oxygens (including phenoxy) is 1. The van der Waals surface area contributed by atoms with E-state index in [1.807, 2.05) is 24.3 Å². The van der Waals surface area contributed by atoms with Gasteiger partial charge in [0.05, 0.1) is 17.6 Å². The van der Waals surface area contributed by atoms with Gasteiger partial charge in [-0.1, -0.05) is 12.1 Å². The smallest absolute Gasteiger partial charge is 0.325 e. The minimum atomic E-state index is -0.503. The van der Waals surface area contributed by atoms with Gasteiger partial charge in [0, 0.05) is 7.05 Å². The van der Waals surface area contributed by atoms with Crippen molar-refractivity contribution in [3.63, 3.8) is 0 Å². The summed E-state index contributed by atoms with van der Waals surface area (Å²) in [6, 6.07) is 7.03. The highest BCUT2D eigenvalue weighted by Gasteiger charge is 2.11. The number of nitrogens with one attached hydrogen (secondary N) is 2. The number of aromatic nitrogens is 2. The van der Waals surface area contributed by atoms with E-state index in [1.165, 1.54) is 0 Å². The Morgan fingerprint density at radius 1 is 1.35 bits per heavy atom. The van der Waals surface area contributed by atoms with Gasteiger partial charge in [0.2, 0.25) is 5.95 Å². The summed E-state index contributed by atoms with van der Waals surface area (Å²) in [5, 5.41) is 5.00. The van der Waals surface area contributed by atoms with Crippen molar-refractivity contribution in [2.24, 2.45) is 7.05 Å². The number of hydrogen-bond acceptors (Lipinski definition) is 4. The van der Waals surface area contributed by atoms with E-state index in [2.05, 4.69) is 15.6 Å². The molecule has 0 aliphatic heterocycles. The van der Waals surface area contributed by atoms with E-state index in [9.17, 15) is 9.59 Å². The average Bonchev–Trinajstić information content (AvgIpc) is 2.74. The number of amides is 2. The lowest BCUT2D eigenvalue weighted by Gasteiger charge is -2.07. The SMILES string of the molecule is CCOC(=O)CNC(=O)Nc1nc2ccccc2n1C. The van der Waals surface area contributed by atoms with Crippen LogP contribution in [0.4, 0.5) is 10.7 Å². The van der Waals surface area contributed by atoms with Crippen LogP contribution in [0.25, 0.3) is 11.0 Å². The number of urea groups is 1. The van der Waals surface area contributed by atoms with Gasteiger partial charge in [0.25, 0.3) is 0 Å². The maximum atomic E-state index is 11.7. The Bertz CT molecular complexity index is 636. The van der Waals surface area contributed by atoms with Crippen LogP contribution in [0.2, 0.25) is 0 Å². The number of aryl methyl sites for hydroxylation is 1. The Hall–Kier alpha value is -2.57. The molecule has 1 aromatic heterocycles. The van der Waals surface area contributed by atoms with E-state index in [0.29, 0.717) is 5.95 Å². The van der Waals surface area contributed by atoms with Crippen molar-refractivity contribution >= 4 is 29.0 Å². The van der Waals surface area contributed by atoms with Gasteiger partial charge in [-0.15, -0.1) is 0 Å². The van der Waals surface area contributed by atoms with Crippen LogP contribution in [0.5, 0.6) is 0 Å². The van der Waals surface area contributed by atoms with Crippen LogP contribution >= 0.6 is 0 Å². The lowest BCUT2D eigenvalue weighted by Crippen LogP contribution is -2.34. The molecule has 0 aliphatic rings. The van der Waals surface area contributed by atoms with E-state index in [4.69, 9.17) is 4.74 Å². The minimum Gasteiger partial charge on any atom is -0.465 e. The maximum Gasteiger partial charge on any atom is 0.325 e. The van der Waals surface area contributed by atoms with Gasteiger partial charge in [-0.2, -0.15) is 0 Å². The van der Waals surface area contributed by atoms with Crippen molar-refractivity contribution in [2.45, 2.75) is 6.92 Å². The summed E-state index contributed by atoms with van der Waals surface area (Å²) in [5.41, 5.74) is 1.70. The second-order valence-electron chi connectivity index (χ2n) is 4.10. The lowest BCUT2D eigenvalue weighted by molar-refractivity contribution is -0.141. The molecule has 0 saturated carbocycles. The number of para-hydroxylation sites is 2. The molecular weight excluding hydrogens is 260 g/mol. The molecule has 0 bridgehead atoms. The molecule has 0 fully saturated rings. The van der Waals surface area contributed by atoms with Crippen molar-refractivity contribution < 1.29 is 14.3 Å². The first kappa shape index (κ1) is 13.9. The number of carbonyl (C=O) groups excluding carboxylic acids is 2. The first-order valence-corrected chi connectivity index (χ1v) is 6.23. The number of rotatable bonds is 4. The normalized spacial score (nSPS) is 10.3. The second kappa shape index (κ2) is 6.05. The van der Waals surface area contributed by atoms with Gasteiger partial charge in [0.1, 0.15) is 6.54 Å². The Labute approximate surface area is 115 Å². The van der Waals surface area contributed by atoms with Crippen LogP contribution in [0.15, 0.2) is 24.3 Å². The molecule has 0 aliphatic carbocycles. The van der Waals surface area contributed by atoms with Crippen LogP contribution in [-0.2, 0) is 16.6 Å². The zero-order chi connectivity index (χ0) is 14.5. The molecule has 0 saturated heterocycles. The molecule has 2 N–H and O–H groups in total. The number of benzene rings is 1. The predicted octanol–water partition coefficient (Wildman–Crippen LogP) is 1.26. The van der Waals surface area contributed by atoms with Gasteiger partial charge < -0.3 is 14.6 Å². The molecule has 0 spiro atoms. The fourth-order valence-electron chi connectivity index (χ4n) is 1.77. The number of carbonyl (C=O) groups is 2. The molecule has 106 valence electrons. The third-order valence-corrected chi connectivity index (χ3v) is 2.71. The number of hydrogen-bond donors (Lipinski definition) is 2. The Morgan fingerprint density at radius 2 is 2.10 bits per heavy atom. The largest absolute Gasteiger partial charge is 0.465 e. The highest BCUT2D eigenvalue weighted by atomic mass is 16.5. The minimum absolute atomic E-state index is 0.177. The molecule has 1 heterocycles. The van der Waals surface area contributed by atoms with Crippen molar-refractivity contribution in [3.05, 3.63) is 24.3 Å². The zero-order valence-electron chi connectivity index (χ0n) is 11.3. The molecule has 20 heavy (non-hydrogen) atoms. The van der Waals surface area contributed by atoms with E-state index < -0.39 is 12.0 Å². The third-order valence-electron chi connectivity index (χ3n) is 2.71. The summed E-state index contributed by atoms with van der Waals surface area (Å²) in [7, 11) is 1.80. The first-order valence-electron chi connectivity index (χ1n) is 6.23. The predicted molar refractivity (Wildman–Crippen MR) is 74.4 cm³/mol. The fraction of sp³-hybridized carbons (Fsp3) is 0.308. The van der Waals surface area contributed by atoms with Crippen molar-refractivity contribution in [1.82, 2.24) is 14.9 Å². The van der Waals surface area contributed by atoms with Gasteiger partial charge in [0.15, 0.2) is 0 Å². The molecule has 0 unspecified atom stereocenters. The summed E-state index contributed by atoms with van der Waals surface area (Å²) < 4.78 is 6.48. The first-order chi connectivity index (χ1) is 9.61. The van der Waals surface area contributed by atoms with E-state index in [0.717, 1.165) is 11.0 Å². The van der Waals surface area contributed by atoms with Gasteiger partial charge in [-0.25, -0.2) is 9.78 Å². The van der Waals surface area contributed by atoms with E-state index in [-0.39, 0.29) is 13.2 Å². The summed E-state index contributed by atoms with van der Waals surface area (Å²) in [6.07, 6.45) is 0. The summed E-state index contributed by atoms with van der Waals surface area (Å²) in [6.45, 7) is 1.81. The highest BCUT2D eigenvalue weighted by Crippen LogP contribution is 2.17. The molecule has 2 amide bonds. The summed E-state index contributed by atoms with van der Waals surface area (Å²) >= 11 is 0. The van der Waals surface area contributed by atoms with Crippen LogP contribution in [0, 0.1) is 0 Å². The topological polar surface area (TPSA) is 85.2 Å². The molecule has 7 heteroatoms. The number of imidazole rings is 1. The Kier molecular flexibility index (Phi) is 4.19. The standard InChI is InChI=1S/C13H16N4O3/c1-3-20-11(18)8-14-13(19)16-12-15-9-6-4-5-7-10(9)17(12)2/h4-7H,3,8H2,1-2H3,(H2,14,15,16,19). The number of esters is 1. The van der Waals surface area contributed by atoms with Crippen molar-refractivity contribution in [1.29, 1.82) is 0 Å². The fourth-order valence-corrected chi connectivity index (χ4v) is 1.77. The van der Waals surface area contributed by atoms with Gasteiger partial charge >= 0.3 is 12.0 Å². The summed E-state index contributed by atoms with van der Waals surface area (Å²) in [4.78, 5) is 27.1. The lowest BCUT2D eigenvalue weighted by atomic mass is 10.3. The van der Waals surface area contributed by atoms with Crippen molar-refractivity contribution in [2.75, 3.05) is 18.5 Å². The van der Waals surface area contributed by atoms with E-state index in [1.54, 1.807) is 18.5 Å². The van der Waals surface area contributed by atoms with Crippen molar-refractivity contribution in [3.8, 4) is 0 Å². The van der Waals surface area contributed by atoms with Gasteiger partial charge in [-0.3, -0.25) is 10.1 Å². The quantitative estimate of drug-likeness (QED) is 0.823. The molecule has 0 atom stereocenters. The van der Waals surface area contributed by atoms with Crippen LogP contribution in [-0.4, -0.2) is 34.7 Å². The van der Waals surface area contributed by atoms with Crippen LogP contribution < -0.4 is 10.6 Å². The van der Waals surface area contributed by atoms with Crippen LogP contribution in [0.3, 0.4) is 0 Å². The number of fused-ring (bicyclic) bond motifs is 1.